The molecular formula is C21H26N2O6S. The molecule has 1 aliphatic heterocycles. The first-order valence-corrected chi connectivity index (χ1v) is 11.2. The second kappa shape index (κ2) is 9.25. The molecule has 2 aromatic rings. The van der Waals surface area contributed by atoms with Gasteiger partial charge >= 0.3 is 0 Å². The molecule has 1 aliphatic rings. The molecule has 1 amide bonds. The summed E-state index contributed by atoms with van der Waals surface area (Å²) >= 11 is 0. The summed E-state index contributed by atoms with van der Waals surface area (Å²) in [7, 11) is -1.03. The van der Waals surface area contributed by atoms with E-state index in [1.165, 1.54) is 38.5 Å². The van der Waals surface area contributed by atoms with Crippen molar-refractivity contribution in [1.29, 1.82) is 0 Å². The molecule has 8 nitrogen and oxygen atoms in total. The molecule has 1 heterocycles. The van der Waals surface area contributed by atoms with Crippen molar-refractivity contribution < 1.29 is 27.4 Å². The number of carbonyl (C=O) groups is 1. The molecule has 9 heteroatoms. The number of hydrogen-bond acceptors (Lipinski definition) is 6. The molecular weight excluding hydrogens is 408 g/mol. The second-order valence-corrected chi connectivity index (χ2v) is 8.44. The fourth-order valence-electron chi connectivity index (χ4n) is 3.32. The van der Waals surface area contributed by atoms with Gasteiger partial charge in [0.05, 0.1) is 37.0 Å². The number of carbonyl (C=O) groups excluding carboxylic acids is 1. The van der Waals surface area contributed by atoms with Crippen LogP contribution in [0, 0.1) is 0 Å². The molecule has 0 atom stereocenters. The number of nitrogens with zero attached hydrogens (tertiary/aromatic N) is 1. The Bertz CT molecular complexity index is 999. The van der Waals surface area contributed by atoms with E-state index in [0.717, 1.165) is 12.8 Å². The largest absolute Gasteiger partial charge is 0.494 e. The molecule has 0 spiro atoms. The summed E-state index contributed by atoms with van der Waals surface area (Å²) in [5.74, 6) is 0.995. The third-order valence-electron chi connectivity index (χ3n) is 4.84. The van der Waals surface area contributed by atoms with Gasteiger partial charge in [-0.25, -0.2) is 8.42 Å². The van der Waals surface area contributed by atoms with Gasteiger partial charge in [0, 0.05) is 19.2 Å². The number of nitrogens with one attached hydrogen (secondary N) is 1. The van der Waals surface area contributed by atoms with E-state index in [4.69, 9.17) is 14.2 Å². The van der Waals surface area contributed by atoms with Crippen LogP contribution >= 0.6 is 0 Å². The minimum atomic E-state index is -3.94. The van der Waals surface area contributed by atoms with Gasteiger partial charge in [-0.15, -0.1) is 0 Å². The normalized spacial score (nSPS) is 13.8. The molecule has 0 saturated carbocycles. The molecule has 2 aromatic carbocycles. The summed E-state index contributed by atoms with van der Waals surface area (Å²) in [4.78, 5) is 14.8. The van der Waals surface area contributed by atoms with E-state index in [1.807, 2.05) is 6.92 Å². The Morgan fingerprint density at radius 3 is 2.20 bits per heavy atom. The minimum Gasteiger partial charge on any atom is -0.494 e. The zero-order chi connectivity index (χ0) is 21.7. The van der Waals surface area contributed by atoms with Crippen molar-refractivity contribution in [1.82, 2.24) is 4.90 Å². The standard InChI is InChI=1S/C21H26N2O6S/c1-4-29-15-7-9-16(10-8-15)30(25,26)22-18-14-20(28-3)19(27-2)13-17(18)21(24)23-11-5-6-12-23/h7-10,13-14,22H,4-6,11-12H2,1-3H3. The van der Waals surface area contributed by atoms with E-state index in [2.05, 4.69) is 4.72 Å². The van der Waals surface area contributed by atoms with Crippen LogP contribution in [0.4, 0.5) is 5.69 Å². The van der Waals surface area contributed by atoms with Crippen LogP contribution in [0.25, 0.3) is 0 Å². The van der Waals surface area contributed by atoms with Crippen LogP contribution in [0.2, 0.25) is 0 Å². The van der Waals surface area contributed by atoms with Crippen molar-refractivity contribution in [2.75, 3.05) is 38.6 Å². The third kappa shape index (κ3) is 4.62. The maximum Gasteiger partial charge on any atom is 0.261 e. The number of amides is 1. The Kier molecular flexibility index (Phi) is 6.71. The highest BCUT2D eigenvalue weighted by molar-refractivity contribution is 7.92. The van der Waals surface area contributed by atoms with Crippen molar-refractivity contribution in [3.8, 4) is 17.2 Å². The molecule has 1 saturated heterocycles. The van der Waals surface area contributed by atoms with Crippen LogP contribution in [0.1, 0.15) is 30.1 Å². The summed E-state index contributed by atoms with van der Waals surface area (Å²) in [5.41, 5.74) is 0.350. The van der Waals surface area contributed by atoms with Crippen molar-refractivity contribution in [2.24, 2.45) is 0 Å². The summed E-state index contributed by atoms with van der Waals surface area (Å²) in [6.45, 7) is 3.61. The van der Waals surface area contributed by atoms with Crippen LogP contribution in [0.5, 0.6) is 17.2 Å². The molecule has 0 unspecified atom stereocenters. The number of methoxy groups -OCH3 is 2. The van der Waals surface area contributed by atoms with Crippen LogP contribution in [0.3, 0.4) is 0 Å². The molecule has 0 radical (unpaired) electrons. The first-order valence-electron chi connectivity index (χ1n) is 9.70. The summed E-state index contributed by atoms with van der Waals surface area (Å²) in [6.07, 6.45) is 1.85. The Morgan fingerprint density at radius 1 is 1.03 bits per heavy atom. The predicted octanol–water partition coefficient (Wildman–Crippen LogP) is 3.14. The van der Waals surface area contributed by atoms with Gasteiger partial charge in [0.1, 0.15) is 5.75 Å². The van der Waals surface area contributed by atoms with Crippen LogP contribution in [-0.4, -0.2) is 53.1 Å². The van der Waals surface area contributed by atoms with E-state index >= 15 is 0 Å². The molecule has 0 aromatic heterocycles. The van der Waals surface area contributed by atoms with Gasteiger partial charge in [-0.05, 0) is 50.1 Å². The van der Waals surface area contributed by atoms with Crippen molar-refractivity contribution in [3.05, 3.63) is 42.0 Å². The number of likely N-dealkylation sites (tertiary alicyclic amines) is 1. The average Bonchev–Trinajstić information content (AvgIpc) is 3.28. The topological polar surface area (TPSA) is 94.2 Å². The van der Waals surface area contributed by atoms with Gasteiger partial charge in [-0.3, -0.25) is 9.52 Å². The summed E-state index contributed by atoms with van der Waals surface area (Å²) in [5, 5.41) is 0. The first kappa shape index (κ1) is 21.8. The molecule has 0 aliphatic carbocycles. The van der Waals surface area contributed by atoms with E-state index < -0.39 is 10.0 Å². The van der Waals surface area contributed by atoms with Crippen LogP contribution in [0.15, 0.2) is 41.3 Å². The van der Waals surface area contributed by atoms with Gasteiger partial charge in [0.15, 0.2) is 11.5 Å². The predicted molar refractivity (Wildman–Crippen MR) is 113 cm³/mol. The monoisotopic (exact) mass is 434 g/mol. The van der Waals surface area contributed by atoms with Gasteiger partial charge < -0.3 is 19.1 Å². The van der Waals surface area contributed by atoms with Gasteiger partial charge in [0.25, 0.3) is 15.9 Å². The fourth-order valence-corrected chi connectivity index (χ4v) is 4.39. The van der Waals surface area contributed by atoms with Crippen LogP contribution in [-0.2, 0) is 10.0 Å². The molecule has 30 heavy (non-hydrogen) atoms. The summed E-state index contributed by atoms with van der Waals surface area (Å²) < 4.78 is 44.4. The number of ether oxygens (including phenoxy) is 3. The Labute approximate surface area is 176 Å². The second-order valence-electron chi connectivity index (χ2n) is 6.76. The van der Waals surface area contributed by atoms with Gasteiger partial charge in [-0.1, -0.05) is 0 Å². The minimum absolute atomic E-state index is 0.0558. The van der Waals surface area contributed by atoms with Gasteiger partial charge in [0.2, 0.25) is 0 Å². The summed E-state index contributed by atoms with van der Waals surface area (Å²) in [6, 6.07) is 9.06. The number of rotatable bonds is 8. The zero-order valence-corrected chi connectivity index (χ0v) is 18.1. The number of sulfonamides is 1. The lowest BCUT2D eigenvalue weighted by Crippen LogP contribution is -2.29. The SMILES string of the molecule is CCOc1ccc(S(=O)(=O)Nc2cc(OC)c(OC)cc2C(=O)N2CCCC2)cc1. The van der Waals surface area contributed by atoms with Crippen molar-refractivity contribution >= 4 is 21.6 Å². The highest BCUT2D eigenvalue weighted by atomic mass is 32.2. The van der Waals surface area contributed by atoms with E-state index in [-0.39, 0.29) is 22.1 Å². The lowest BCUT2D eigenvalue weighted by Gasteiger charge is -2.20. The number of hydrogen-bond donors (Lipinski definition) is 1. The third-order valence-corrected chi connectivity index (χ3v) is 6.22. The molecule has 0 bridgehead atoms. The molecule has 1 fully saturated rings. The maximum atomic E-state index is 13.1. The molecule has 162 valence electrons. The molecule has 3 rings (SSSR count). The number of benzene rings is 2. The Morgan fingerprint density at radius 2 is 1.63 bits per heavy atom. The van der Waals surface area contributed by atoms with E-state index in [1.54, 1.807) is 17.0 Å². The van der Waals surface area contributed by atoms with Crippen molar-refractivity contribution in [3.63, 3.8) is 0 Å². The average molecular weight is 435 g/mol. The zero-order valence-electron chi connectivity index (χ0n) is 17.3. The highest BCUT2D eigenvalue weighted by Crippen LogP contribution is 2.35. The Hall–Kier alpha value is -2.94. The lowest BCUT2D eigenvalue weighted by atomic mass is 10.1. The maximum absolute atomic E-state index is 13.1. The lowest BCUT2D eigenvalue weighted by molar-refractivity contribution is 0.0793. The van der Waals surface area contributed by atoms with Gasteiger partial charge in [-0.2, -0.15) is 0 Å². The first-order chi connectivity index (χ1) is 14.4. The van der Waals surface area contributed by atoms with Crippen molar-refractivity contribution in [2.45, 2.75) is 24.7 Å². The fraction of sp³-hybridized carbons (Fsp3) is 0.381. The van der Waals surface area contributed by atoms with Crippen LogP contribution < -0.4 is 18.9 Å². The highest BCUT2D eigenvalue weighted by Gasteiger charge is 2.26. The quantitative estimate of drug-likeness (QED) is 0.686. The van der Waals surface area contributed by atoms with E-state index in [0.29, 0.717) is 36.9 Å². The molecule has 1 N–H and O–H groups in total. The Balaban J connectivity index is 1.99. The smallest absolute Gasteiger partial charge is 0.261 e. The van der Waals surface area contributed by atoms with E-state index in [9.17, 15) is 13.2 Å². The number of anilines is 1.